The van der Waals surface area contributed by atoms with Gasteiger partial charge in [0.15, 0.2) is 6.29 Å². The van der Waals surface area contributed by atoms with Gasteiger partial charge in [-0.15, -0.1) is 11.8 Å². The highest BCUT2D eigenvalue weighted by atomic mass is 32.2. The molecule has 256 valence electrons. The number of ether oxygens (including phenoxy) is 2. The third-order valence-electron chi connectivity index (χ3n) is 8.81. The number of aliphatic hydroxyl groups excluding tert-OH is 1. The fourth-order valence-corrected chi connectivity index (χ4v) is 7.00. The first kappa shape index (κ1) is 34.9. The van der Waals surface area contributed by atoms with E-state index in [9.17, 15) is 19.8 Å². The highest BCUT2D eigenvalue weighted by Gasteiger charge is 2.38. The normalized spacial score (nSPS) is 18.7. The summed E-state index contributed by atoms with van der Waals surface area (Å²) in [6, 6.07) is 40.5. The Kier molecular flexibility index (Phi) is 11.6. The molecule has 0 aromatic heterocycles. The number of nitrogens with one attached hydrogen (secondary N) is 2. The van der Waals surface area contributed by atoms with Crippen LogP contribution in [-0.2, 0) is 29.2 Å². The first-order valence-electron chi connectivity index (χ1n) is 16.6. The molecule has 0 spiro atoms. The van der Waals surface area contributed by atoms with Crippen molar-refractivity contribution in [1.29, 1.82) is 0 Å². The smallest absolute Gasteiger partial charge is 0.335 e. The Labute approximate surface area is 296 Å². The third kappa shape index (κ3) is 8.99. The summed E-state index contributed by atoms with van der Waals surface area (Å²) in [7, 11) is 0. The summed E-state index contributed by atoms with van der Waals surface area (Å²) in [4.78, 5) is 24.7. The molecule has 0 radical (unpaired) electrons. The summed E-state index contributed by atoms with van der Waals surface area (Å²) in [5.74, 6) is -0.297. The zero-order valence-corrected chi connectivity index (χ0v) is 28.5. The molecule has 5 aromatic rings. The first-order valence-corrected chi connectivity index (χ1v) is 17.6. The molecule has 5 aromatic carbocycles. The van der Waals surface area contributed by atoms with Crippen LogP contribution in [0.25, 0.3) is 11.1 Å². The van der Waals surface area contributed by atoms with E-state index in [0.29, 0.717) is 18.8 Å². The van der Waals surface area contributed by atoms with E-state index >= 15 is 0 Å². The molecule has 4 N–H and O–H groups in total. The number of amides is 2. The summed E-state index contributed by atoms with van der Waals surface area (Å²) in [5, 5.41) is 24.7. The Morgan fingerprint density at radius 3 is 2.06 bits per heavy atom. The van der Waals surface area contributed by atoms with Gasteiger partial charge in [0.2, 0.25) is 0 Å². The van der Waals surface area contributed by atoms with Crippen molar-refractivity contribution in [2.24, 2.45) is 5.92 Å². The van der Waals surface area contributed by atoms with Crippen LogP contribution in [0.3, 0.4) is 0 Å². The van der Waals surface area contributed by atoms with Gasteiger partial charge in [-0.2, -0.15) is 0 Å². The number of hydrogen-bond donors (Lipinski definition) is 4. The van der Waals surface area contributed by atoms with Crippen molar-refractivity contribution < 1.29 is 29.3 Å². The van der Waals surface area contributed by atoms with Crippen molar-refractivity contribution in [2.75, 3.05) is 5.75 Å². The van der Waals surface area contributed by atoms with Crippen LogP contribution < -0.4 is 10.6 Å². The summed E-state index contributed by atoms with van der Waals surface area (Å²) in [6.45, 7) is 2.93. The van der Waals surface area contributed by atoms with Gasteiger partial charge in [-0.25, -0.2) is 9.59 Å². The van der Waals surface area contributed by atoms with E-state index < -0.39 is 12.3 Å². The number of rotatable bonds is 12. The molecular formula is C41H40N2O6S. The third-order valence-corrected chi connectivity index (χ3v) is 9.91. The van der Waals surface area contributed by atoms with Crippen molar-refractivity contribution in [3.8, 4) is 11.1 Å². The number of carbonyl (C=O) groups excluding carboxylic acids is 1. The van der Waals surface area contributed by atoms with E-state index in [-0.39, 0.29) is 36.3 Å². The molecule has 1 heterocycles. The summed E-state index contributed by atoms with van der Waals surface area (Å²) >= 11 is 1.62. The topological polar surface area (TPSA) is 117 Å². The van der Waals surface area contributed by atoms with Crippen molar-refractivity contribution in [2.45, 2.75) is 50.0 Å². The molecule has 2 amide bonds. The molecule has 1 saturated heterocycles. The molecule has 1 aliphatic heterocycles. The first-order chi connectivity index (χ1) is 24.4. The Bertz CT molecular complexity index is 1880. The maximum absolute atomic E-state index is 12.5. The minimum absolute atomic E-state index is 0.00859. The van der Waals surface area contributed by atoms with Crippen LogP contribution in [-0.4, -0.2) is 34.1 Å². The lowest BCUT2D eigenvalue weighted by atomic mass is 9.91. The van der Waals surface area contributed by atoms with Crippen molar-refractivity contribution in [1.82, 2.24) is 10.6 Å². The molecule has 9 heteroatoms. The summed E-state index contributed by atoms with van der Waals surface area (Å²) < 4.78 is 13.4. The quantitative estimate of drug-likeness (QED) is 0.0979. The van der Waals surface area contributed by atoms with Gasteiger partial charge in [0.05, 0.1) is 24.4 Å². The number of aromatic carboxylic acids is 1. The van der Waals surface area contributed by atoms with Gasteiger partial charge in [-0.3, -0.25) is 0 Å². The monoisotopic (exact) mass is 688 g/mol. The highest BCUT2D eigenvalue weighted by Crippen LogP contribution is 2.43. The summed E-state index contributed by atoms with van der Waals surface area (Å²) in [5.41, 5.74) is 6.99. The average Bonchev–Trinajstić information content (AvgIpc) is 3.16. The second kappa shape index (κ2) is 16.7. The van der Waals surface area contributed by atoms with Gasteiger partial charge in [0.25, 0.3) is 0 Å². The Morgan fingerprint density at radius 1 is 0.700 bits per heavy atom. The average molecular weight is 689 g/mol. The largest absolute Gasteiger partial charge is 0.478 e. The maximum Gasteiger partial charge on any atom is 0.335 e. The molecule has 1 aliphatic rings. The lowest BCUT2D eigenvalue weighted by Crippen LogP contribution is -2.38. The van der Waals surface area contributed by atoms with Crippen LogP contribution in [0.15, 0.2) is 132 Å². The van der Waals surface area contributed by atoms with Crippen LogP contribution in [0.5, 0.6) is 0 Å². The van der Waals surface area contributed by atoms with Gasteiger partial charge < -0.3 is 30.3 Å². The number of hydrogen-bond acceptors (Lipinski definition) is 6. The van der Waals surface area contributed by atoms with Crippen molar-refractivity contribution in [3.63, 3.8) is 0 Å². The van der Waals surface area contributed by atoms with Gasteiger partial charge in [0, 0.05) is 35.2 Å². The van der Waals surface area contributed by atoms with Crippen LogP contribution >= 0.6 is 11.8 Å². The van der Waals surface area contributed by atoms with E-state index in [1.54, 1.807) is 23.9 Å². The second-order valence-electron chi connectivity index (χ2n) is 12.3. The Hall–Kier alpha value is -4.93. The molecule has 0 aliphatic carbocycles. The van der Waals surface area contributed by atoms with Gasteiger partial charge in [-0.1, -0.05) is 97.9 Å². The summed E-state index contributed by atoms with van der Waals surface area (Å²) in [6.07, 6.45) is -1.06. The Morgan fingerprint density at radius 2 is 1.36 bits per heavy atom. The minimum atomic E-state index is -0.951. The molecule has 6 rings (SSSR count). The van der Waals surface area contributed by atoms with Crippen molar-refractivity contribution >= 4 is 23.8 Å². The predicted octanol–water partition coefficient (Wildman–Crippen LogP) is 8.13. The number of carbonyl (C=O) groups is 2. The van der Waals surface area contributed by atoms with Crippen LogP contribution in [0.4, 0.5) is 4.79 Å². The SMILES string of the molecule is C[C@@H]1[C@H](CSc2ccc(C(=O)O)cc2)O[C@H](c2cccc(-c3cccc(CNC(=O)NCc4ccccc4)c3)c2)O[C@@H]1c1ccc(CO)cc1. The number of aliphatic hydroxyl groups is 1. The molecule has 8 nitrogen and oxygen atoms in total. The zero-order valence-electron chi connectivity index (χ0n) is 27.7. The number of thioether (sulfide) groups is 1. The fraction of sp³-hybridized carbons (Fsp3) is 0.220. The van der Waals surface area contributed by atoms with Crippen LogP contribution in [0.1, 0.15) is 57.5 Å². The molecule has 0 unspecified atom stereocenters. The Balaban J connectivity index is 1.17. The lowest BCUT2D eigenvalue weighted by Gasteiger charge is -2.41. The lowest BCUT2D eigenvalue weighted by molar-refractivity contribution is -0.268. The molecule has 0 saturated carbocycles. The highest BCUT2D eigenvalue weighted by molar-refractivity contribution is 7.99. The minimum Gasteiger partial charge on any atom is -0.478 e. The number of carboxylic acid groups (broad SMARTS) is 1. The molecule has 1 fully saturated rings. The number of urea groups is 1. The van der Waals surface area contributed by atoms with Crippen LogP contribution in [0, 0.1) is 5.92 Å². The van der Waals surface area contributed by atoms with Crippen LogP contribution in [0.2, 0.25) is 0 Å². The molecule has 50 heavy (non-hydrogen) atoms. The van der Waals surface area contributed by atoms with E-state index in [1.165, 1.54) is 0 Å². The number of benzene rings is 5. The van der Waals surface area contributed by atoms with E-state index in [4.69, 9.17) is 9.47 Å². The van der Waals surface area contributed by atoms with Gasteiger partial charge in [0.1, 0.15) is 0 Å². The fourth-order valence-electron chi connectivity index (χ4n) is 5.93. The van der Waals surface area contributed by atoms with Gasteiger partial charge >= 0.3 is 12.0 Å². The van der Waals surface area contributed by atoms with E-state index in [0.717, 1.165) is 43.8 Å². The molecular weight excluding hydrogens is 649 g/mol. The number of carboxylic acids is 1. The zero-order chi connectivity index (χ0) is 34.9. The van der Waals surface area contributed by atoms with Crippen molar-refractivity contribution in [3.05, 3.63) is 161 Å². The van der Waals surface area contributed by atoms with E-state index in [2.05, 4.69) is 29.7 Å². The standard InChI is InChI=1S/C41H40N2O6S/c1-27-37(26-50-36-19-17-32(18-20-36)39(45)46)48-40(49-38(27)31-15-13-29(25-44)14-16-31)35-12-6-11-34(22-35)33-10-5-9-30(21-33)24-43-41(47)42-23-28-7-3-2-4-8-28/h2-22,27,37-38,40,44H,23-26H2,1H3,(H,45,46)(H2,42,43,47)/t27-,37+,38+,40+/m1/s1. The molecule has 4 atom stereocenters. The predicted molar refractivity (Wildman–Crippen MR) is 194 cm³/mol. The van der Waals surface area contributed by atoms with E-state index in [1.807, 2.05) is 103 Å². The molecule has 0 bridgehead atoms. The van der Waals surface area contributed by atoms with Gasteiger partial charge in [-0.05, 0) is 69.8 Å². The maximum atomic E-state index is 12.5. The second-order valence-corrected chi connectivity index (χ2v) is 13.4.